The number of carbonyl (C=O) groups is 1. The smallest absolute Gasteiger partial charge is 0.266 e. The van der Waals surface area contributed by atoms with Crippen LogP contribution in [0.25, 0.3) is 10.6 Å². The molecule has 0 bridgehead atoms. The van der Waals surface area contributed by atoms with Crippen LogP contribution >= 0.6 is 11.3 Å². The van der Waals surface area contributed by atoms with Crippen LogP contribution in [0.2, 0.25) is 0 Å². The van der Waals surface area contributed by atoms with Crippen molar-refractivity contribution < 1.29 is 4.79 Å². The molecule has 0 aliphatic rings. The molecule has 1 aromatic carbocycles. The number of hydrogen-bond donors (Lipinski definition) is 0. The summed E-state index contributed by atoms with van der Waals surface area (Å²) in [4.78, 5) is 20.3. The van der Waals surface area contributed by atoms with E-state index < -0.39 is 0 Å². The minimum Gasteiger partial charge on any atom is -0.333 e. The molecule has 0 unspecified atom stereocenters. The highest BCUT2D eigenvalue weighted by Gasteiger charge is 2.26. The summed E-state index contributed by atoms with van der Waals surface area (Å²) in [6, 6.07) is 6.69. The van der Waals surface area contributed by atoms with Crippen LogP contribution in [0.3, 0.4) is 0 Å². The van der Waals surface area contributed by atoms with Crippen LogP contribution in [0.1, 0.15) is 54.2 Å². The van der Waals surface area contributed by atoms with Gasteiger partial charge in [-0.25, -0.2) is 4.98 Å². The van der Waals surface area contributed by atoms with E-state index in [1.54, 1.807) is 0 Å². The number of aryl methyl sites for hydroxylation is 3. The Morgan fingerprint density at radius 1 is 1.09 bits per heavy atom. The van der Waals surface area contributed by atoms with E-state index >= 15 is 0 Å². The number of benzene rings is 1. The van der Waals surface area contributed by atoms with E-state index in [0.717, 1.165) is 21.1 Å². The summed E-state index contributed by atoms with van der Waals surface area (Å²) in [5, 5.41) is 0.927. The second-order valence-electron chi connectivity index (χ2n) is 6.65. The van der Waals surface area contributed by atoms with Crippen LogP contribution in [-0.4, -0.2) is 27.9 Å². The third-order valence-electron chi connectivity index (χ3n) is 3.95. The van der Waals surface area contributed by atoms with Gasteiger partial charge in [0.25, 0.3) is 5.91 Å². The number of rotatable bonds is 4. The molecule has 2 rings (SSSR count). The Morgan fingerprint density at radius 2 is 1.70 bits per heavy atom. The Hall–Kier alpha value is -1.68. The van der Waals surface area contributed by atoms with Gasteiger partial charge in [0.2, 0.25) is 0 Å². The normalized spacial score (nSPS) is 11.3. The van der Waals surface area contributed by atoms with Crippen LogP contribution in [0.5, 0.6) is 0 Å². The molecule has 1 aromatic heterocycles. The molecule has 0 radical (unpaired) electrons. The lowest BCUT2D eigenvalue weighted by molar-refractivity contribution is 0.0648. The Balaban J connectivity index is 2.43. The predicted molar refractivity (Wildman–Crippen MR) is 98.2 cm³/mol. The van der Waals surface area contributed by atoms with Gasteiger partial charge in [0.1, 0.15) is 9.88 Å². The molecule has 3 nitrogen and oxygen atoms in total. The zero-order valence-corrected chi connectivity index (χ0v) is 15.9. The van der Waals surface area contributed by atoms with Crippen molar-refractivity contribution in [2.24, 2.45) is 0 Å². The van der Waals surface area contributed by atoms with Crippen molar-refractivity contribution >= 4 is 17.2 Å². The topological polar surface area (TPSA) is 33.2 Å². The van der Waals surface area contributed by atoms with E-state index in [4.69, 9.17) is 0 Å². The van der Waals surface area contributed by atoms with E-state index in [1.807, 2.05) is 11.8 Å². The molecule has 0 atom stereocenters. The fourth-order valence-electron chi connectivity index (χ4n) is 2.95. The number of aromatic nitrogens is 1. The molecule has 4 heteroatoms. The third-order valence-corrected chi connectivity index (χ3v) is 5.13. The Morgan fingerprint density at radius 3 is 2.22 bits per heavy atom. The minimum absolute atomic E-state index is 0.0843. The SMILES string of the molecule is Cc1ccc(-c2nc(C)c(C(=O)N(C(C)C)C(C)C)s2)c(C)c1. The van der Waals surface area contributed by atoms with E-state index in [0.29, 0.717) is 0 Å². The first-order valence-electron chi connectivity index (χ1n) is 8.10. The van der Waals surface area contributed by atoms with Crippen molar-refractivity contribution in [3.63, 3.8) is 0 Å². The summed E-state index contributed by atoms with van der Waals surface area (Å²) >= 11 is 1.50. The van der Waals surface area contributed by atoms with E-state index in [-0.39, 0.29) is 18.0 Å². The highest BCUT2D eigenvalue weighted by Crippen LogP contribution is 2.32. The van der Waals surface area contributed by atoms with Gasteiger partial charge in [0.05, 0.1) is 5.69 Å². The van der Waals surface area contributed by atoms with Gasteiger partial charge in [0.15, 0.2) is 0 Å². The first-order valence-corrected chi connectivity index (χ1v) is 8.91. The van der Waals surface area contributed by atoms with Gasteiger partial charge in [-0.3, -0.25) is 4.79 Å². The van der Waals surface area contributed by atoms with Gasteiger partial charge < -0.3 is 4.90 Å². The second kappa shape index (κ2) is 6.83. The Kier molecular flexibility index (Phi) is 5.25. The fourth-order valence-corrected chi connectivity index (χ4v) is 4.05. The number of thiazole rings is 1. The lowest BCUT2D eigenvalue weighted by Gasteiger charge is -2.30. The van der Waals surface area contributed by atoms with Crippen molar-refractivity contribution in [2.75, 3.05) is 0 Å². The van der Waals surface area contributed by atoms with Crippen molar-refractivity contribution in [2.45, 2.75) is 60.5 Å². The number of hydrogen-bond acceptors (Lipinski definition) is 3. The zero-order chi connectivity index (χ0) is 17.3. The molecule has 1 amide bonds. The van der Waals surface area contributed by atoms with Gasteiger partial charge in [0, 0.05) is 17.6 Å². The molecule has 2 aromatic rings. The number of nitrogens with zero attached hydrogens (tertiary/aromatic N) is 2. The molecule has 0 saturated heterocycles. The highest BCUT2D eigenvalue weighted by atomic mass is 32.1. The van der Waals surface area contributed by atoms with E-state index in [2.05, 4.69) is 64.7 Å². The maximum absolute atomic E-state index is 12.9. The van der Waals surface area contributed by atoms with Gasteiger partial charge in [-0.05, 0) is 54.0 Å². The summed E-state index contributed by atoms with van der Waals surface area (Å²) in [6.07, 6.45) is 0. The van der Waals surface area contributed by atoms with Gasteiger partial charge >= 0.3 is 0 Å². The van der Waals surface area contributed by atoms with Crippen LogP contribution < -0.4 is 0 Å². The maximum Gasteiger partial charge on any atom is 0.266 e. The molecule has 124 valence electrons. The summed E-state index contributed by atoms with van der Waals surface area (Å²) in [7, 11) is 0. The molecular formula is C19H26N2OS. The summed E-state index contributed by atoms with van der Waals surface area (Å²) in [5.74, 6) is 0.0843. The Labute approximate surface area is 143 Å². The molecule has 23 heavy (non-hydrogen) atoms. The van der Waals surface area contributed by atoms with Crippen LogP contribution in [0.4, 0.5) is 0 Å². The quantitative estimate of drug-likeness (QED) is 0.791. The maximum atomic E-state index is 12.9. The molecule has 0 N–H and O–H groups in total. The van der Waals surface area contributed by atoms with Crippen LogP contribution in [-0.2, 0) is 0 Å². The predicted octanol–water partition coefficient (Wildman–Crippen LogP) is 4.99. The monoisotopic (exact) mass is 330 g/mol. The van der Waals surface area contributed by atoms with Crippen LogP contribution in [0.15, 0.2) is 18.2 Å². The fraction of sp³-hybridized carbons (Fsp3) is 0.474. The molecule has 0 aliphatic heterocycles. The van der Waals surface area contributed by atoms with Crippen molar-refractivity contribution in [3.05, 3.63) is 39.9 Å². The zero-order valence-electron chi connectivity index (χ0n) is 15.1. The van der Waals surface area contributed by atoms with E-state index in [1.165, 1.54) is 22.5 Å². The lowest BCUT2D eigenvalue weighted by atomic mass is 10.1. The van der Waals surface area contributed by atoms with Crippen molar-refractivity contribution in [3.8, 4) is 10.6 Å². The summed E-state index contributed by atoms with van der Waals surface area (Å²) < 4.78 is 0. The number of carbonyl (C=O) groups excluding carboxylic acids is 1. The van der Waals surface area contributed by atoms with Crippen molar-refractivity contribution in [1.82, 2.24) is 9.88 Å². The molecular weight excluding hydrogens is 304 g/mol. The highest BCUT2D eigenvalue weighted by molar-refractivity contribution is 7.17. The summed E-state index contributed by atoms with van der Waals surface area (Å²) in [5.41, 5.74) is 4.37. The Bertz CT molecular complexity index is 708. The number of amides is 1. The standard InChI is InChI=1S/C19H26N2OS/c1-11(2)21(12(3)4)19(22)17-15(7)20-18(23-17)16-9-8-13(5)10-14(16)6/h8-12H,1-7H3. The van der Waals surface area contributed by atoms with Crippen LogP contribution in [0, 0.1) is 20.8 Å². The van der Waals surface area contributed by atoms with Gasteiger partial charge in [-0.2, -0.15) is 0 Å². The van der Waals surface area contributed by atoms with Gasteiger partial charge in [-0.1, -0.05) is 23.8 Å². The van der Waals surface area contributed by atoms with Crippen molar-refractivity contribution in [1.29, 1.82) is 0 Å². The third kappa shape index (κ3) is 3.63. The van der Waals surface area contributed by atoms with Gasteiger partial charge in [-0.15, -0.1) is 11.3 Å². The largest absolute Gasteiger partial charge is 0.333 e. The first-order chi connectivity index (χ1) is 10.7. The molecule has 0 spiro atoms. The average molecular weight is 330 g/mol. The minimum atomic E-state index is 0.0843. The second-order valence-corrected chi connectivity index (χ2v) is 7.65. The lowest BCUT2D eigenvalue weighted by Crippen LogP contribution is -2.41. The van der Waals surface area contributed by atoms with E-state index in [9.17, 15) is 4.79 Å². The molecule has 0 fully saturated rings. The first kappa shape index (κ1) is 17.7. The average Bonchev–Trinajstić information content (AvgIpc) is 2.79. The summed E-state index contributed by atoms with van der Waals surface area (Å²) in [6.45, 7) is 14.3. The molecule has 0 saturated carbocycles. The molecule has 0 aliphatic carbocycles. The molecule has 1 heterocycles.